The highest BCUT2D eigenvalue weighted by atomic mass is 16.2. The summed E-state index contributed by atoms with van der Waals surface area (Å²) in [7, 11) is 0. The Balaban J connectivity index is 2.36. The molecule has 1 fully saturated rings. The lowest BCUT2D eigenvalue weighted by molar-refractivity contribution is -0.140. The molecule has 0 saturated carbocycles. The number of hydrogen-bond donors (Lipinski definition) is 3. The molecule has 1 aliphatic rings. The van der Waals surface area contributed by atoms with Gasteiger partial charge >= 0.3 is 0 Å². The lowest BCUT2D eigenvalue weighted by Gasteiger charge is -2.33. The summed E-state index contributed by atoms with van der Waals surface area (Å²) in [5, 5.41) is 2.33. The van der Waals surface area contributed by atoms with Crippen molar-refractivity contribution in [3.8, 4) is 0 Å². The van der Waals surface area contributed by atoms with E-state index < -0.39 is 0 Å². The van der Waals surface area contributed by atoms with Crippen LogP contribution in [-0.2, 0) is 14.4 Å². The number of amides is 3. The zero-order valence-electron chi connectivity index (χ0n) is 10.6. The number of rotatable bonds is 6. The third-order valence-electron chi connectivity index (χ3n) is 3.00. The van der Waals surface area contributed by atoms with Crippen LogP contribution in [0.25, 0.3) is 0 Å². The van der Waals surface area contributed by atoms with Gasteiger partial charge in [-0.15, -0.1) is 0 Å². The van der Waals surface area contributed by atoms with E-state index in [0.29, 0.717) is 25.8 Å². The van der Waals surface area contributed by atoms with Gasteiger partial charge in [-0.3, -0.25) is 30.0 Å². The molecule has 0 bridgehead atoms. The molecule has 1 saturated heterocycles. The Morgan fingerprint density at radius 2 is 2.22 bits per heavy atom. The maximum atomic E-state index is 11.6. The van der Waals surface area contributed by atoms with Crippen LogP contribution < -0.4 is 16.6 Å². The molecule has 7 nitrogen and oxygen atoms in total. The van der Waals surface area contributed by atoms with Crippen LogP contribution in [0.2, 0.25) is 0 Å². The van der Waals surface area contributed by atoms with Gasteiger partial charge in [0.2, 0.25) is 17.7 Å². The maximum absolute atomic E-state index is 11.6. The first-order valence-electron chi connectivity index (χ1n) is 6.15. The van der Waals surface area contributed by atoms with Crippen LogP contribution >= 0.6 is 0 Å². The molecular weight excluding hydrogens is 236 g/mol. The van der Waals surface area contributed by atoms with Crippen LogP contribution in [0, 0.1) is 0 Å². The van der Waals surface area contributed by atoms with E-state index in [1.807, 2.05) is 11.8 Å². The zero-order chi connectivity index (χ0) is 13.5. The van der Waals surface area contributed by atoms with E-state index in [9.17, 15) is 14.4 Å². The summed E-state index contributed by atoms with van der Waals surface area (Å²) in [5.74, 6) is 4.28. The zero-order valence-corrected chi connectivity index (χ0v) is 10.6. The van der Waals surface area contributed by atoms with E-state index >= 15 is 0 Å². The van der Waals surface area contributed by atoms with Gasteiger partial charge in [0, 0.05) is 6.42 Å². The number of nitrogens with two attached hydrogens (primary N) is 1. The average molecular weight is 256 g/mol. The van der Waals surface area contributed by atoms with E-state index in [-0.39, 0.29) is 30.3 Å². The quantitative estimate of drug-likeness (QED) is 0.184. The summed E-state index contributed by atoms with van der Waals surface area (Å²) < 4.78 is 0. The van der Waals surface area contributed by atoms with Gasteiger partial charge in [-0.1, -0.05) is 6.92 Å². The molecule has 18 heavy (non-hydrogen) atoms. The summed E-state index contributed by atoms with van der Waals surface area (Å²) in [4.78, 5) is 35.6. The summed E-state index contributed by atoms with van der Waals surface area (Å²) in [5.41, 5.74) is 2.07. The highest BCUT2D eigenvalue weighted by molar-refractivity contribution is 6.01. The Kier molecular flexibility index (Phi) is 5.73. The third kappa shape index (κ3) is 4.08. The van der Waals surface area contributed by atoms with Crippen LogP contribution in [0.15, 0.2) is 0 Å². The Labute approximate surface area is 106 Å². The predicted octanol–water partition coefficient (Wildman–Crippen LogP) is -1.12. The number of imide groups is 1. The smallest absolute Gasteiger partial charge is 0.243 e. The molecule has 0 aromatic rings. The second-order valence-electron chi connectivity index (χ2n) is 4.33. The predicted molar refractivity (Wildman–Crippen MR) is 65.0 cm³/mol. The molecule has 0 aromatic heterocycles. The lowest BCUT2D eigenvalue weighted by Crippen LogP contribution is -2.57. The van der Waals surface area contributed by atoms with Crippen molar-refractivity contribution in [1.82, 2.24) is 15.6 Å². The maximum Gasteiger partial charge on any atom is 0.243 e. The number of unbranched alkanes of at least 4 members (excludes halogenated alkanes) is 1. The van der Waals surface area contributed by atoms with Gasteiger partial charge in [-0.25, -0.2) is 5.84 Å². The van der Waals surface area contributed by atoms with Crippen molar-refractivity contribution < 1.29 is 14.4 Å². The van der Waals surface area contributed by atoms with E-state index in [1.54, 1.807) is 0 Å². The van der Waals surface area contributed by atoms with Gasteiger partial charge < -0.3 is 0 Å². The Bertz CT molecular complexity index is 332. The van der Waals surface area contributed by atoms with E-state index in [0.717, 1.165) is 6.42 Å². The van der Waals surface area contributed by atoms with Gasteiger partial charge in [0.05, 0.1) is 12.6 Å². The molecule has 0 radical (unpaired) electrons. The Hall–Kier alpha value is -1.47. The first-order valence-corrected chi connectivity index (χ1v) is 6.15. The van der Waals surface area contributed by atoms with E-state index in [1.165, 1.54) is 0 Å². The summed E-state index contributed by atoms with van der Waals surface area (Å²) >= 11 is 0. The monoisotopic (exact) mass is 256 g/mol. The van der Waals surface area contributed by atoms with Crippen molar-refractivity contribution in [3.05, 3.63) is 0 Å². The van der Waals surface area contributed by atoms with E-state index in [4.69, 9.17) is 5.84 Å². The molecule has 1 heterocycles. The SMILES string of the molecule is CCC1C(=O)NC(=O)CN1CCCCC(=O)NN. The van der Waals surface area contributed by atoms with Crippen LogP contribution in [0.5, 0.6) is 0 Å². The minimum atomic E-state index is -0.260. The second-order valence-corrected chi connectivity index (χ2v) is 4.33. The van der Waals surface area contributed by atoms with Gasteiger partial charge in [0.25, 0.3) is 0 Å². The number of hydrogen-bond acceptors (Lipinski definition) is 5. The van der Waals surface area contributed by atoms with Crippen molar-refractivity contribution in [3.63, 3.8) is 0 Å². The summed E-state index contributed by atoms with van der Waals surface area (Å²) in [6, 6.07) is -0.244. The number of carbonyl (C=O) groups is 3. The van der Waals surface area contributed by atoms with Crippen LogP contribution in [-0.4, -0.2) is 41.8 Å². The second kappa shape index (κ2) is 7.07. The van der Waals surface area contributed by atoms with Gasteiger partial charge in [-0.2, -0.15) is 0 Å². The van der Waals surface area contributed by atoms with Gasteiger partial charge in [0.15, 0.2) is 0 Å². The minimum absolute atomic E-state index is 0.200. The van der Waals surface area contributed by atoms with Crippen LogP contribution in [0.4, 0.5) is 0 Å². The first kappa shape index (κ1) is 14.6. The van der Waals surface area contributed by atoms with Crippen molar-refractivity contribution in [2.75, 3.05) is 13.1 Å². The molecule has 0 aliphatic carbocycles. The summed E-state index contributed by atoms with van der Waals surface area (Å²) in [6.07, 6.45) is 2.47. The molecule has 0 aromatic carbocycles. The van der Waals surface area contributed by atoms with E-state index in [2.05, 4.69) is 10.7 Å². The normalized spacial score (nSPS) is 20.7. The molecule has 0 spiro atoms. The number of hydrazine groups is 1. The van der Waals surface area contributed by atoms with Gasteiger partial charge in [0.1, 0.15) is 0 Å². The molecule has 1 atom stereocenters. The van der Waals surface area contributed by atoms with Crippen molar-refractivity contribution in [2.45, 2.75) is 38.6 Å². The van der Waals surface area contributed by atoms with Crippen LogP contribution in [0.3, 0.4) is 0 Å². The third-order valence-corrected chi connectivity index (χ3v) is 3.00. The molecule has 102 valence electrons. The fourth-order valence-corrected chi connectivity index (χ4v) is 2.07. The number of nitrogens with one attached hydrogen (secondary N) is 2. The molecule has 1 rings (SSSR count). The highest BCUT2D eigenvalue weighted by Gasteiger charge is 2.31. The van der Waals surface area contributed by atoms with Crippen molar-refractivity contribution >= 4 is 17.7 Å². The minimum Gasteiger partial charge on any atom is -0.294 e. The van der Waals surface area contributed by atoms with Gasteiger partial charge in [-0.05, 0) is 25.8 Å². The van der Waals surface area contributed by atoms with Crippen molar-refractivity contribution in [1.29, 1.82) is 0 Å². The molecule has 4 N–H and O–H groups in total. The fraction of sp³-hybridized carbons (Fsp3) is 0.727. The lowest BCUT2D eigenvalue weighted by atomic mass is 10.1. The highest BCUT2D eigenvalue weighted by Crippen LogP contribution is 2.10. The summed E-state index contributed by atoms with van der Waals surface area (Å²) in [6.45, 7) is 2.79. The number of nitrogens with zero attached hydrogens (tertiary/aromatic N) is 1. The molecule has 7 heteroatoms. The number of carbonyl (C=O) groups excluding carboxylic acids is 3. The standard InChI is InChI=1S/C11H20N4O3/c1-2-8-11(18)13-10(17)7-15(8)6-4-3-5-9(16)14-12/h8H,2-7,12H2,1H3,(H,14,16)(H,13,17,18). The Morgan fingerprint density at radius 1 is 1.50 bits per heavy atom. The molecule has 1 unspecified atom stereocenters. The molecular formula is C11H20N4O3. The van der Waals surface area contributed by atoms with Crippen molar-refractivity contribution in [2.24, 2.45) is 5.84 Å². The molecule has 1 aliphatic heterocycles. The van der Waals surface area contributed by atoms with Crippen LogP contribution in [0.1, 0.15) is 32.6 Å². The fourth-order valence-electron chi connectivity index (χ4n) is 2.07. The average Bonchev–Trinajstić information content (AvgIpc) is 2.33. The largest absolute Gasteiger partial charge is 0.294 e. The topological polar surface area (TPSA) is 105 Å². The Morgan fingerprint density at radius 3 is 2.83 bits per heavy atom. The first-order chi connectivity index (χ1) is 8.58. The molecule has 3 amide bonds. The number of piperazine rings is 1.